The molecule has 0 saturated carbocycles. The Morgan fingerprint density at radius 1 is 1.19 bits per heavy atom. The molecule has 1 rings (SSSR count). The van der Waals surface area contributed by atoms with Crippen LogP contribution in [0.3, 0.4) is 0 Å². The molecule has 8 nitrogen and oxygen atoms in total. The molecule has 0 heterocycles. The summed E-state index contributed by atoms with van der Waals surface area (Å²) in [5.74, 6) is -2.30. The van der Waals surface area contributed by atoms with Crippen molar-refractivity contribution in [1.29, 1.82) is 0 Å². The van der Waals surface area contributed by atoms with Crippen LogP contribution in [0.15, 0.2) is 29.2 Å². The van der Waals surface area contributed by atoms with Crippen molar-refractivity contribution >= 4 is 39.2 Å². The van der Waals surface area contributed by atoms with Gasteiger partial charge in [0, 0.05) is 11.6 Å². The minimum absolute atomic E-state index is 0.0446. The van der Waals surface area contributed by atoms with E-state index in [1.165, 1.54) is 31.2 Å². The molecule has 0 radical (unpaired) electrons. The minimum Gasteiger partial charge on any atom is -0.456 e. The average molecular weight is 405 g/mol. The number of sulfone groups is 1. The number of nitrogens with one attached hydrogen (secondary N) is 2. The highest BCUT2D eigenvalue weighted by atomic mass is 35.5. The summed E-state index contributed by atoms with van der Waals surface area (Å²) in [6.07, 6.45) is -0.399. The van der Waals surface area contributed by atoms with Gasteiger partial charge in [-0.15, -0.1) is 0 Å². The van der Waals surface area contributed by atoms with Crippen LogP contribution in [0.25, 0.3) is 0 Å². The van der Waals surface area contributed by atoms with E-state index in [9.17, 15) is 22.8 Å². The van der Waals surface area contributed by atoms with Gasteiger partial charge in [-0.1, -0.05) is 11.6 Å². The van der Waals surface area contributed by atoms with Gasteiger partial charge in [-0.2, -0.15) is 0 Å². The standard InChI is InChI=1S/C16H21ClN2O6S/c1-3-18-16(22)11(2)19-14(20)10-25-15(21)8-9-26(23,24)13-6-4-12(17)5-7-13/h4-7,11H,3,8-10H2,1-2H3,(H,18,22)(H,19,20)/t11-/m0/s1. The zero-order chi connectivity index (χ0) is 19.7. The smallest absolute Gasteiger partial charge is 0.307 e. The highest BCUT2D eigenvalue weighted by molar-refractivity contribution is 7.91. The van der Waals surface area contributed by atoms with E-state index < -0.39 is 46.5 Å². The number of benzene rings is 1. The SMILES string of the molecule is CCNC(=O)[C@H](C)NC(=O)COC(=O)CCS(=O)(=O)c1ccc(Cl)cc1. The van der Waals surface area contributed by atoms with Gasteiger partial charge in [-0.05, 0) is 38.1 Å². The normalized spacial score (nSPS) is 12.1. The molecule has 2 amide bonds. The molecule has 1 aromatic rings. The Hall–Kier alpha value is -2.13. The molecular weight excluding hydrogens is 384 g/mol. The summed E-state index contributed by atoms with van der Waals surface area (Å²) in [4.78, 5) is 34.8. The van der Waals surface area contributed by atoms with Crippen molar-refractivity contribution in [1.82, 2.24) is 10.6 Å². The van der Waals surface area contributed by atoms with Gasteiger partial charge in [-0.3, -0.25) is 14.4 Å². The Kier molecular flexibility index (Phi) is 8.53. The zero-order valence-corrected chi connectivity index (χ0v) is 16.0. The van der Waals surface area contributed by atoms with Gasteiger partial charge in [0.15, 0.2) is 16.4 Å². The third-order valence-corrected chi connectivity index (χ3v) is 5.22. The van der Waals surface area contributed by atoms with Crippen LogP contribution in [0, 0.1) is 0 Å². The van der Waals surface area contributed by atoms with Crippen molar-refractivity contribution in [3.05, 3.63) is 29.3 Å². The van der Waals surface area contributed by atoms with Crippen LogP contribution >= 0.6 is 11.6 Å². The zero-order valence-electron chi connectivity index (χ0n) is 14.5. The molecule has 10 heteroatoms. The second-order valence-electron chi connectivity index (χ2n) is 5.37. The van der Waals surface area contributed by atoms with Crippen molar-refractivity contribution in [3.8, 4) is 0 Å². The van der Waals surface area contributed by atoms with E-state index in [2.05, 4.69) is 10.6 Å². The molecule has 0 aliphatic heterocycles. The van der Waals surface area contributed by atoms with Crippen LogP contribution in [0.2, 0.25) is 5.02 Å². The molecule has 1 aromatic carbocycles. The summed E-state index contributed by atoms with van der Waals surface area (Å²) in [5, 5.41) is 5.30. The first-order valence-electron chi connectivity index (χ1n) is 7.86. The number of likely N-dealkylation sites (N-methyl/N-ethyl adjacent to an activating group) is 1. The van der Waals surface area contributed by atoms with Crippen LogP contribution in [-0.2, 0) is 29.0 Å². The molecule has 0 bridgehead atoms. The summed E-state index contributed by atoms with van der Waals surface area (Å²) in [5.41, 5.74) is 0. The Bertz CT molecular complexity index is 749. The van der Waals surface area contributed by atoms with Gasteiger partial charge < -0.3 is 15.4 Å². The average Bonchev–Trinajstić information content (AvgIpc) is 2.58. The number of halogens is 1. The lowest BCUT2D eigenvalue weighted by molar-refractivity contribution is -0.148. The van der Waals surface area contributed by atoms with E-state index in [4.69, 9.17) is 16.3 Å². The minimum atomic E-state index is -3.66. The fourth-order valence-corrected chi connectivity index (χ4v) is 3.22. The van der Waals surface area contributed by atoms with E-state index in [0.717, 1.165) is 0 Å². The number of esters is 1. The lowest BCUT2D eigenvalue weighted by Gasteiger charge is -2.13. The lowest BCUT2D eigenvalue weighted by Crippen LogP contribution is -2.46. The summed E-state index contributed by atoms with van der Waals surface area (Å²) >= 11 is 5.70. The molecule has 144 valence electrons. The number of hydrogen-bond acceptors (Lipinski definition) is 6. The number of amides is 2. The molecule has 2 N–H and O–H groups in total. The summed E-state index contributed by atoms with van der Waals surface area (Å²) in [7, 11) is -3.66. The first-order valence-corrected chi connectivity index (χ1v) is 9.89. The van der Waals surface area contributed by atoms with Gasteiger partial charge in [0.05, 0.1) is 17.1 Å². The largest absolute Gasteiger partial charge is 0.456 e. The van der Waals surface area contributed by atoms with Crippen LogP contribution in [0.1, 0.15) is 20.3 Å². The summed E-state index contributed by atoms with van der Waals surface area (Å²) in [6, 6.07) is 4.80. The monoisotopic (exact) mass is 404 g/mol. The number of ether oxygens (including phenoxy) is 1. The van der Waals surface area contributed by atoms with Gasteiger partial charge >= 0.3 is 5.97 Å². The Balaban J connectivity index is 2.41. The molecule has 0 spiro atoms. The summed E-state index contributed by atoms with van der Waals surface area (Å²) < 4.78 is 28.9. The number of carbonyl (C=O) groups excluding carboxylic acids is 3. The van der Waals surface area contributed by atoms with E-state index >= 15 is 0 Å². The van der Waals surface area contributed by atoms with Crippen molar-refractivity contribution in [2.24, 2.45) is 0 Å². The van der Waals surface area contributed by atoms with Crippen LogP contribution < -0.4 is 10.6 Å². The fraction of sp³-hybridized carbons (Fsp3) is 0.438. The molecule has 0 saturated heterocycles. The maximum atomic E-state index is 12.1. The maximum Gasteiger partial charge on any atom is 0.307 e. The molecule has 26 heavy (non-hydrogen) atoms. The van der Waals surface area contributed by atoms with E-state index in [0.29, 0.717) is 11.6 Å². The van der Waals surface area contributed by atoms with Crippen molar-refractivity contribution < 1.29 is 27.5 Å². The highest BCUT2D eigenvalue weighted by Gasteiger charge is 2.19. The Morgan fingerprint density at radius 3 is 2.38 bits per heavy atom. The van der Waals surface area contributed by atoms with Gasteiger partial charge in [0.1, 0.15) is 6.04 Å². The topological polar surface area (TPSA) is 119 Å². The predicted octanol–water partition coefficient (Wildman–Crippen LogP) is 0.688. The Morgan fingerprint density at radius 2 is 1.81 bits per heavy atom. The van der Waals surface area contributed by atoms with Gasteiger partial charge in [0.2, 0.25) is 5.91 Å². The molecule has 0 aliphatic carbocycles. The first kappa shape index (κ1) is 21.9. The maximum absolute atomic E-state index is 12.1. The number of carbonyl (C=O) groups is 3. The van der Waals surface area contributed by atoms with E-state index in [-0.39, 0.29) is 10.8 Å². The molecule has 1 atom stereocenters. The van der Waals surface area contributed by atoms with E-state index in [1.54, 1.807) is 6.92 Å². The molecule has 0 unspecified atom stereocenters. The molecule has 0 aromatic heterocycles. The van der Waals surface area contributed by atoms with Gasteiger partial charge in [0.25, 0.3) is 5.91 Å². The van der Waals surface area contributed by atoms with Crippen LogP contribution in [0.4, 0.5) is 0 Å². The quantitative estimate of drug-likeness (QED) is 0.584. The number of hydrogen-bond donors (Lipinski definition) is 2. The predicted molar refractivity (Wildman–Crippen MR) is 95.4 cm³/mol. The van der Waals surface area contributed by atoms with Crippen molar-refractivity contribution in [2.45, 2.75) is 31.2 Å². The third-order valence-electron chi connectivity index (χ3n) is 3.23. The van der Waals surface area contributed by atoms with Crippen molar-refractivity contribution in [2.75, 3.05) is 18.9 Å². The highest BCUT2D eigenvalue weighted by Crippen LogP contribution is 2.16. The third kappa shape index (κ3) is 7.40. The fourth-order valence-electron chi connectivity index (χ4n) is 1.87. The molecular formula is C16H21ClN2O6S. The van der Waals surface area contributed by atoms with Crippen LogP contribution in [0.5, 0.6) is 0 Å². The number of rotatable bonds is 9. The molecule has 0 fully saturated rings. The van der Waals surface area contributed by atoms with E-state index in [1.807, 2.05) is 0 Å². The first-order chi connectivity index (χ1) is 12.2. The second-order valence-corrected chi connectivity index (χ2v) is 7.91. The van der Waals surface area contributed by atoms with Crippen molar-refractivity contribution in [3.63, 3.8) is 0 Å². The summed E-state index contributed by atoms with van der Waals surface area (Å²) in [6.45, 7) is 3.06. The lowest BCUT2D eigenvalue weighted by atomic mass is 10.3. The van der Waals surface area contributed by atoms with Crippen LogP contribution in [-0.4, -0.2) is 51.1 Å². The van der Waals surface area contributed by atoms with Gasteiger partial charge in [-0.25, -0.2) is 8.42 Å². The molecule has 0 aliphatic rings. The second kappa shape index (κ2) is 10.1. The Labute approximate surface area is 157 Å².